The summed E-state index contributed by atoms with van der Waals surface area (Å²) < 4.78 is 11.1. The Balaban J connectivity index is 1.43. The molecule has 8 heteroatoms. The second kappa shape index (κ2) is 7.13. The number of nitrogens with zero attached hydrogens (tertiary/aromatic N) is 2. The molecule has 26 heavy (non-hydrogen) atoms. The molecule has 3 aliphatic rings. The van der Waals surface area contributed by atoms with Crippen molar-refractivity contribution in [3.8, 4) is 0 Å². The maximum absolute atomic E-state index is 12.1. The van der Waals surface area contributed by atoms with E-state index in [1.165, 1.54) is 6.92 Å². The first kappa shape index (κ1) is 17.1. The molecule has 3 heterocycles. The lowest BCUT2D eigenvalue weighted by molar-refractivity contribution is -0.119. The maximum Gasteiger partial charge on any atom is 0.414 e. The van der Waals surface area contributed by atoms with Crippen LogP contribution in [-0.4, -0.2) is 69.6 Å². The normalized spacial score (nSPS) is 28.0. The lowest BCUT2D eigenvalue weighted by Gasteiger charge is -2.38. The van der Waals surface area contributed by atoms with Crippen LogP contribution in [0.4, 0.5) is 16.2 Å². The number of amides is 2. The first-order valence-corrected chi connectivity index (χ1v) is 9.03. The van der Waals surface area contributed by atoms with Gasteiger partial charge in [0, 0.05) is 37.9 Å². The van der Waals surface area contributed by atoms with Gasteiger partial charge < -0.3 is 25.0 Å². The topological polar surface area (TPSA) is 83.1 Å². The minimum Gasteiger partial charge on any atom is -0.442 e. The van der Waals surface area contributed by atoms with Crippen LogP contribution in [0.15, 0.2) is 24.3 Å². The molecule has 0 spiro atoms. The van der Waals surface area contributed by atoms with Crippen LogP contribution in [0, 0.1) is 0 Å². The smallest absolute Gasteiger partial charge is 0.414 e. The van der Waals surface area contributed by atoms with E-state index in [0.717, 1.165) is 37.6 Å². The van der Waals surface area contributed by atoms with Crippen molar-refractivity contribution < 1.29 is 19.1 Å². The second-order valence-corrected chi connectivity index (χ2v) is 6.90. The number of carbonyl (C=O) groups excluding carboxylic acids is 2. The first-order valence-electron chi connectivity index (χ1n) is 9.03. The Bertz CT molecular complexity index is 680. The number of rotatable bonds is 4. The molecule has 140 valence electrons. The number of cyclic esters (lactones) is 1. The number of benzene rings is 1. The molecule has 1 aromatic carbocycles. The zero-order chi connectivity index (χ0) is 18.1. The van der Waals surface area contributed by atoms with Gasteiger partial charge in [0.25, 0.3) is 0 Å². The van der Waals surface area contributed by atoms with Crippen molar-refractivity contribution >= 4 is 23.4 Å². The zero-order valence-electron chi connectivity index (χ0n) is 14.8. The molecule has 2 N–H and O–H groups in total. The molecule has 0 bridgehead atoms. The van der Waals surface area contributed by atoms with Crippen LogP contribution in [0.2, 0.25) is 0 Å². The van der Waals surface area contributed by atoms with Gasteiger partial charge in [-0.05, 0) is 24.3 Å². The summed E-state index contributed by atoms with van der Waals surface area (Å²) in [5, 5.41) is 6.07. The Morgan fingerprint density at radius 1 is 1.27 bits per heavy atom. The Morgan fingerprint density at radius 2 is 2.04 bits per heavy atom. The molecule has 3 unspecified atom stereocenters. The molecule has 2 amide bonds. The highest BCUT2D eigenvalue weighted by molar-refractivity contribution is 5.90. The van der Waals surface area contributed by atoms with Gasteiger partial charge in [0.15, 0.2) is 0 Å². The van der Waals surface area contributed by atoms with Crippen LogP contribution in [0.5, 0.6) is 0 Å². The molecule has 1 aromatic rings. The highest BCUT2D eigenvalue weighted by Crippen LogP contribution is 2.28. The van der Waals surface area contributed by atoms with Crippen LogP contribution in [-0.2, 0) is 14.3 Å². The van der Waals surface area contributed by atoms with E-state index in [1.807, 2.05) is 24.3 Å². The molecule has 3 saturated heterocycles. The highest BCUT2D eigenvalue weighted by atomic mass is 16.6. The Labute approximate surface area is 152 Å². The molecule has 0 radical (unpaired) electrons. The van der Waals surface area contributed by atoms with E-state index in [9.17, 15) is 9.59 Å². The van der Waals surface area contributed by atoms with Crippen LogP contribution < -0.4 is 20.4 Å². The largest absolute Gasteiger partial charge is 0.442 e. The number of nitrogens with one attached hydrogen (secondary N) is 2. The summed E-state index contributed by atoms with van der Waals surface area (Å²) in [4.78, 5) is 27.1. The predicted octanol–water partition coefficient (Wildman–Crippen LogP) is 0.325. The zero-order valence-corrected chi connectivity index (χ0v) is 14.8. The van der Waals surface area contributed by atoms with Crippen LogP contribution >= 0.6 is 0 Å². The Kier molecular flexibility index (Phi) is 4.69. The van der Waals surface area contributed by atoms with Crippen LogP contribution in [0.1, 0.15) is 6.92 Å². The van der Waals surface area contributed by atoms with Crippen molar-refractivity contribution in [2.45, 2.75) is 25.2 Å². The quantitative estimate of drug-likeness (QED) is 0.805. The van der Waals surface area contributed by atoms with Crippen LogP contribution in [0.25, 0.3) is 0 Å². The van der Waals surface area contributed by atoms with Crippen molar-refractivity contribution in [3.63, 3.8) is 0 Å². The molecular formula is C18H24N4O4. The summed E-state index contributed by atoms with van der Waals surface area (Å²) in [6.45, 7) is 5.64. The summed E-state index contributed by atoms with van der Waals surface area (Å²) in [6.07, 6.45) is -0.457. The molecule has 3 atom stereocenters. The number of morpholine rings is 1. The van der Waals surface area contributed by atoms with E-state index < -0.39 is 0 Å². The molecule has 3 fully saturated rings. The monoisotopic (exact) mass is 360 g/mol. The number of fused-ring (bicyclic) bond motifs is 1. The maximum atomic E-state index is 12.1. The van der Waals surface area contributed by atoms with Crippen molar-refractivity contribution in [1.29, 1.82) is 0 Å². The van der Waals surface area contributed by atoms with Crippen molar-refractivity contribution in [1.82, 2.24) is 10.6 Å². The lowest BCUT2D eigenvalue weighted by Crippen LogP contribution is -2.50. The summed E-state index contributed by atoms with van der Waals surface area (Å²) in [6, 6.07) is 8.34. The fourth-order valence-corrected chi connectivity index (χ4v) is 3.83. The van der Waals surface area contributed by atoms with Gasteiger partial charge in [0.2, 0.25) is 5.91 Å². The van der Waals surface area contributed by atoms with E-state index >= 15 is 0 Å². The minimum atomic E-state index is -0.375. The molecule has 0 aliphatic carbocycles. The van der Waals surface area contributed by atoms with Gasteiger partial charge in [-0.25, -0.2) is 4.79 Å². The molecule has 3 aliphatic heterocycles. The number of ether oxygens (including phenoxy) is 2. The third-order valence-electron chi connectivity index (χ3n) is 5.14. The van der Waals surface area contributed by atoms with E-state index in [0.29, 0.717) is 19.1 Å². The van der Waals surface area contributed by atoms with Gasteiger partial charge in [0.1, 0.15) is 6.10 Å². The van der Waals surface area contributed by atoms with Gasteiger partial charge in [-0.15, -0.1) is 0 Å². The van der Waals surface area contributed by atoms with E-state index in [2.05, 4.69) is 15.5 Å². The van der Waals surface area contributed by atoms with Gasteiger partial charge in [0.05, 0.1) is 31.8 Å². The van der Waals surface area contributed by atoms with E-state index in [4.69, 9.17) is 9.47 Å². The van der Waals surface area contributed by atoms with Gasteiger partial charge in [-0.2, -0.15) is 0 Å². The first-order chi connectivity index (χ1) is 12.6. The predicted molar refractivity (Wildman–Crippen MR) is 96.5 cm³/mol. The standard InChI is InChI=1S/C18H24N4O4/c1-12(23)20-8-15-11-22(18(24)26-15)14-4-2-13(3-5-14)21-6-7-25-17-10-19-9-16(17)21/h2-5,15-17,19H,6-11H2,1H3,(H,20,23). The van der Waals surface area contributed by atoms with Crippen molar-refractivity contribution in [3.05, 3.63) is 24.3 Å². The molecule has 0 saturated carbocycles. The average molecular weight is 360 g/mol. The van der Waals surface area contributed by atoms with Crippen molar-refractivity contribution in [2.24, 2.45) is 0 Å². The minimum absolute atomic E-state index is 0.130. The van der Waals surface area contributed by atoms with Gasteiger partial charge in [-0.3, -0.25) is 9.69 Å². The average Bonchev–Trinajstić information content (AvgIpc) is 3.26. The third kappa shape index (κ3) is 3.34. The summed E-state index contributed by atoms with van der Waals surface area (Å²) in [5.74, 6) is -0.130. The highest BCUT2D eigenvalue weighted by Gasteiger charge is 2.36. The fourth-order valence-electron chi connectivity index (χ4n) is 3.83. The number of hydrogen-bond acceptors (Lipinski definition) is 6. The van der Waals surface area contributed by atoms with Gasteiger partial charge >= 0.3 is 6.09 Å². The lowest BCUT2D eigenvalue weighted by atomic mass is 10.1. The summed E-state index contributed by atoms with van der Waals surface area (Å²) in [7, 11) is 0. The van der Waals surface area contributed by atoms with E-state index in [-0.39, 0.29) is 24.2 Å². The molecule has 0 aromatic heterocycles. The molecule has 4 rings (SSSR count). The third-order valence-corrected chi connectivity index (χ3v) is 5.14. The van der Waals surface area contributed by atoms with Gasteiger partial charge in [-0.1, -0.05) is 0 Å². The second-order valence-electron chi connectivity index (χ2n) is 6.90. The Hall–Kier alpha value is -2.32. The fraction of sp³-hybridized carbons (Fsp3) is 0.556. The summed E-state index contributed by atoms with van der Waals surface area (Å²) in [5.41, 5.74) is 1.94. The Morgan fingerprint density at radius 3 is 2.81 bits per heavy atom. The molecular weight excluding hydrogens is 336 g/mol. The SMILES string of the molecule is CC(=O)NCC1CN(c2ccc(N3CCOC4CNCC43)cc2)C(=O)O1. The number of hydrogen-bond donors (Lipinski definition) is 2. The van der Waals surface area contributed by atoms with E-state index in [1.54, 1.807) is 4.90 Å². The molecule has 8 nitrogen and oxygen atoms in total. The van der Waals surface area contributed by atoms with Crippen LogP contribution in [0.3, 0.4) is 0 Å². The van der Waals surface area contributed by atoms with Crippen molar-refractivity contribution in [2.75, 3.05) is 49.1 Å². The number of anilines is 2. The number of carbonyl (C=O) groups is 2. The summed E-state index contributed by atoms with van der Waals surface area (Å²) >= 11 is 0.